The Hall–Kier alpha value is -3.67. The fraction of sp³-hybridized carbons (Fsp3) is 0.310. The second kappa shape index (κ2) is 11.2. The first-order chi connectivity index (χ1) is 17.0. The lowest BCUT2D eigenvalue weighted by molar-refractivity contribution is 0.0950. The Kier molecular flexibility index (Phi) is 7.80. The number of halogens is 1. The van der Waals surface area contributed by atoms with Crippen molar-refractivity contribution in [2.45, 2.75) is 39.0 Å². The molecule has 0 atom stereocenters. The highest BCUT2D eigenvalue weighted by Gasteiger charge is 2.21. The zero-order valence-electron chi connectivity index (χ0n) is 20.5. The molecule has 0 aliphatic carbocycles. The molecular formula is C29H33FN4O. The van der Waals surface area contributed by atoms with Crippen LogP contribution in [0.4, 0.5) is 4.39 Å². The number of likely N-dealkylation sites (tertiary alicyclic amines) is 1. The highest BCUT2D eigenvalue weighted by molar-refractivity contribution is 5.94. The lowest BCUT2D eigenvalue weighted by Crippen LogP contribution is -2.31. The van der Waals surface area contributed by atoms with E-state index in [2.05, 4.69) is 64.3 Å². The van der Waals surface area contributed by atoms with Crippen molar-refractivity contribution in [1.29, 1.82) is 0 Å². The summed E-state index contributed by atoms with van der Waals surface area (Å²) in [6.07, 6.45) is 10.5. The van der Waals surface area contributed by atoms with Gasteiger partial charge >= 0.3 is 0 Å². The molecule has 1 aliphatic heterocycles. The van der Waals surface area contributed by atoms with Crippen molar-refractivity contribution in [3.8, 4) is 0 Å². The summed E-state index contributed by atoms with van der Waals surface area (Å²) in [6.45, 7) is 10.4. The average molecular weight is 473 g/mol. The van der Waals surface area contributed by atoms with Gasteiger partial charge in [0.2, 0.25) is 0 Å². The molecule has 0 radical (unpaired) electrons. The summed E-state index contributed by atoms with van der Waals surface area (Å²) in [7, 11) is 0. The maximum absolute atomic E-state index is 13.6. The van der Waals surface area contributed by atoms with Gasteiger partial charge in [0.15, 0.2) is 0 Å². The molecule has 1 amide bonds. The second-order valence-corrected chi connectivity index (χ2v) is 8.89. The Morgan fingerprint density at radius 2 is 1.94 bits per heavy atom. The number of amides is 1. The smallest absolute Gasteiger partial charge is 0.270 e. The van der Waals surface area contributed by atoms with Crippen LogP contribution in [0.5, 0.6) is 0 Å². The molecule has 35 heavy (non-hydrogen) atoms. The predicted octanol–water partition coefficient (Wildman–Crippen LogP) is 5.66. The summed E-state index contributed by atoms with van der Waals surface area (Å²) in [6, 6.07) is 13.4. The van der Waals surface area contributed by atoms with Crippen molar-refractivity contribution in [3.63, 3.8) is 0 Å². The molecule has 1 fully saturated rings. The van der Waals surface area contributed by atoms with Crippen LogP contribution in [-0.2, 0) is 6.42 Å². The van der Waals surface area contributed by atoms with Crippen molar-refractivity contribution in [1.82, 2.24) is 19.6 Å². The fourth-order valence-electron chi connectivity index (χ4n) is 4.68. The number of hydrogen-bond acceptors (Lipinski definition) is 3. The van der Waals surface area contributed by atoms with Gasteiger partial charge in [-0.15, -0.1) is 0 Å². The van der Waals surface area contributed by atoms with Gasteiger partial charge in [0.05, 0.1) is 5.69 Å². The van der Waals surface area contributed by atoms with Crippen LogP contribution in [0.15, 0.2) is 84.7 Å². The van der Waals surface area contributed by atoms with E-state index in [0.29, 0.717) is 35.9 Å². The number of aryl methyl sites for hydroxylation is 1. The van der Waals surface area contributed by atoms with Gasteiger partial charge in [-0.05, 0) is 55.4 Å². The molecule has 4 rings (SSSR count). The summed E-state index contributed by atoms with van der Waals surface area (Å²) in [5.41, 5.74) is 4.91. The lowest BCUT2D eigenvalue weighted by Gasteiger charge is -2.34. The Bertz CT molecular complexity index is 1250. The molecule has 0 saturated carbocycles. The van der Waals surface area contributed by atoms with E-state index in [1.54, 1.807) is 10.6 Å². The molecule has 0 spiro atoms. The van der Waals surface area contributed by atoms with Gasteiger partial charge in [-0.2, -0.15) is 0 Å². The Labute approximate surface area is 206 Å². The number of aromatic nitrogens is 2. The number of carbonyl (C=O) groups is 1. The number of rotatable bonds is 8. The first kappa shape index (κ1) is 24.5. The first-order valence-electron chi connectivity index (χ1n) is 12.3. The van der Waals surface area contributed by atoms with Crippen LogP contribution >= 0.6 is 0 Å². The Morgan fingerprint density at radius 3 is 2.63 bits per heavy atom. The third-order valence-electron chi connectivity index (χ3n) is 6.60. The molecule has 1 aromatic carbocycles. The maximum Gasteiger partial charge on any atom is 0.270 e. The van der Waals surface area contributed by atoms with Gasteiger partial charge in [0.25, 0.3) is 5.91 Å². The largest absolute Gasteiger partial charge is 0.372 e. The number of nitrogens with zero attached hydrogens (tertiary/aromatic N) is 3. The van der Waals surface area contributed by atoms with Crippen molar-refractivity contribution in [2.24, 2.45) is 0 Å². The minimum absolute atomic E-state index is 0.246. The van der Waals surface area contributed by atoms with E-state index in [-0.39, 0.29) is 11.7 Å². The number of fused-ring (bicyclic) bond motifs is 1. The van der Waals surface area contributed by atoms with Crippen LogP contribution in [0.3, 0.4) is 0 Å². The van der Waals surface area contributed by atoms with Crippen LogP contribution in [0.2, 0.25) is 0 Å². The highest BCUT2D eigenvalue weighted by atomic mass is 19.1. The van der Waals surface area contributed by atoms with Crippen LogP contribution in [0.25, 0.3) is 5.65 Å². The predicted molar refractivity (Wildman–Crippen MR) is 139 cm³/mol. The maximum atomic E-state index is 13.6. The third-order valence-corrected chi connectivity index (χ3v) is 6.60. The molecule has 0 unspecified atom stereocenters. The number of benzene rings is 1. The van der Waals surface area contributed by atoms with Crippen LogP contribution in [0, 0.1) is 5.82 Å². The molecule has 182 valence electrons. The molecule has 3 aromatic rings. The van der Waals surface area contributed by atoms with Crippen LogP contribution in [-0.4, -0.2) is 39.8 Å². The number of hydrogen-bond donors (Lipinski definition) is 1. The molecule has 5 nitrogen and oxygen atoms in total. The quantitative estimate of drug-likeness (QED) is 0.430. The molecule has 1 N–H and O–H groups in total. The van der Waals surface area contributed by atoms with Crippen molar-refractivity contribution in [2.75, 3.05) is 19.6 Å². The van der Waals surface area contributed by atoms with Crippen LogP contribution in [0.1, 0.15) is 54.4 Å². The summed E-state index contributed by atoms with van der Waals surface area (Å²) in [5.74, 6) is -0.00621. The summed E-state index contributed by atoms with van der Waals surface area (Å²) < 4.78 is 15.2. The van der Waals surface area contributed by atoms with Crippen LogP contribution < -0.4 is 5.32 Å². The monoisotopic (exact) mass is 472 g/mol. The molecule has 2 aromatic heterocycles. The van der Waals surface area contributed by atoms with Crippen molar-refractivity contribution >= 4 is 11.6 Å². The zero-order chi connectivity index (χ0) is 24.8. The van der Waals surface area contributed by atoms with Gasteiger partial charge in [-0.3, -0.25) is 9.20 Å². The zero-order valence-corrected chi connectivity index (χ0v) is 20.5. The number of allylic oxidation sites excluding steroid dienone is 2. The highest BCUT2D eigenvalue weighted by Crippen LogP contribution is 2.29. The minimum atomic E-state index is -0.375. The van der Waals surface area contributed by atoms with Crippen molar-refractivity contribution < 1.29 is 9.18 Å². The van der Waals surface area contributed by atoms with Gasteiger partial charge < -0.3 is 10.2 Å². The lowest BCUT2D eigenvalue weighted by atomic mass is 9.89. The summed E-state index contributed by atoms with van der Waals surface area (Å²) in [4.78, 5) is 19.7. The van der Waals surface area contributed by atoms with Gasteiger partial charge in [0.1, 0.15) is 17.2 Å². The number of imidazole rings is 1. The average Bonchev–Trinajstić information content (AvgIpc) is 3.26. The number of nitrogens with one attached hydrogen (secondary N) is 1. The topological polar surface area (TPSA) is 49.6 Å². The van der Waals surface area contributed by atoms with E-state index in [9.17, 15) is 9.18 Å². The molecule has 1 saturated heterocycles. The van der Waals surface area contributed by atoms with E-state index in [0.717, 1.165) is 31.5 Å². The molecule has 6 heteroatoms. The van der Waals surface area contributed by atoms with Gasteiger partial charge in [-0.25, -0.2) is 9.37 Å². The van der Waals surface area contributed by atoms with Gasteiger partial charge in [0, 0.05) is 37.6 Å². The molecular weight excluding hydrogens is 439 g/mol. The van der Waals surface area contributed by atoms with E-state index >= 15 is 0 Å². The molecule has 3 heterocycles. The van der Waals surface area contributed by atoms with Gasteiger partial charge in [-0.1, -0.05) is 56.0 Å². The fourth-order valence-corrected chi connectivity index (χ4v) is 4.68. The molecule has 0 bridgehead atoms. The van der Waals surface area contributed by atoms with E-state index in [4.69, 9.17) is 0 Å². The Balaban J connectivity index is 1.33. The molecule has 1 aliphatic rings. The third kappa shape index (κ3) is 5.70. The summed E-state index contributed by atoms with van der Waals surface area (Å²) in [5, 5.41) is 2.93. The SMILES string of the molecule is C=C(/C=C\C(=C/C)N1CCC(c2ccccc2)CC1)CNC(=O)c1c(CC)nc2cc(F)ccn12. The normalized spacial score (nSPS) is 15.2. The van der Waals surface area contributed by atoms with E-state index in [1.165, 1.54) is 23.4 Å². The van der Waals surface area contributed by atoms with E-state index in [1.807, 2.05) is 19.9 Å². The first-order valence-corrected chi connectivity index (χ1v) is 12.3. The standard InChI is InChI=1S/C29H33FN4O/c1-4-25(33-16-13-23(14-17-33)22-9-7-6-8-10-22)12-11-21(3)20-31-29(35)28-26(5-2)32-27-19-24(30)15-18-34(27)28/h4,6-12,15,18-19,23H,3,5,13-14,16-17,20H2,1-2H3,(H,31,35)/b12-11-,25-4+. The number of carbonyl (C=O) groups excluding carboxylic acids is 1. The van der Waals surface area contributed by atoms with Crippen molar-refractivity contribution in [3.05, 3.63) is 108 Å². The second-order valence-electron chi connectivity index (χ2n) is 8.89. The Morgan fingerprint density at radius 1 is 1.20 bits per heavy atom. The number of piperidine rings is 1. The van der Waals surface area contributed by atoms with E-state index < -0.39 is 0 Å². The minimum Gasteiger partial charge on any atom is -0.372 e. The number of pyridine rings is 1. The summed E-state index contributed by atoms with van der Waals surface area (Å²) >= 11 is 0.